The Morgan fingerprint density at radius 2 is 1.73 bits per heavy atom. The van der Waals surface area contributed by atoms with Crippen LogP contribution in [0.25, 0.3) is 22.5 Å². The molecule has 0 bridgehead atoms. The summed E-state index contributed by atoms with van der Waals surface area (Å²) < 4.78 is 14.9. The number of benzene rings is 2. The summed E-state index contributed by atoms with van der Waals surface area (Å²) in [6, 6.07) is 14.4. The van der Waals surface area contributed by atoms with E-state index in [1.807, 2.05) is 13.0 Å². The van der Waals surface area contributed by atoms with E-state index in [0.29, 0.717) is 18.7 Å². The molecule has 2 N–H and O–H groups in total. The molecule has 5 nitrogen and oxygen atoms in total. The predicted molar refractivity (Wildman–Crippen MR) is 96.3 cm³/mol. The van der Waals surface area contributed by atoms with Crippen LogP contribution < -0.4 is 0 Å². The monoisotopic (exact) mass is 354 g/mol. The van der Waals surface area contributed by atoms with Gasteiger partial charge in [0.25, 0.3) is 0 Å². The minimum Gasteiger partial charge on any atom is -0.478 e. The van der Waals surface area contributed by atoms with Crippen LogP contribution in [-0.2, 0) is 6.54 Å². The van der Waals surface area contributed by atoms with Crippen LogP contribution in [0.5, 0.6) is 0 Å². The fourth-order valence-electron chi connectivity index (χ4n) is 2.66. The zero-order valence-corrected chi connectivity index (χ0v) is 14.3. The molecule has 1 aromatic heterocycles. The number of rotatable bonds is 6. The van der Waals surface area contributed by atoms with Crippen LogP contribution in [0.4, 0.5) is 4.39 Å². The minimum absolute atomic E-state index is 0.202. The number of aliphatic hydroxyl groups is 1. The summed E-state index contributed by atoms with van der Waals surface area (Å²) in [7, 11) is 0. The Bertz CT molecular complexity index is 902. The lowest BCUT2D eigenvalue weighted by Gasteiger charge is -2.11. The maximum atomic E-state index is 13.2. The van der Waals surface area contributed by atoms with Crippen LogP contribution in [0.2, 0.25) is 0 Å². The van der Waals surface area contributed by atoms with Crippen LogP contribution in [-0.4, -0.2) is 32.1 Å². The summed E-state index contributed by atoms with van der Waals surface area (Å²) in [6.07, 6.45) is 0.0436. The second-order valence-corrected chi connectivity index (χ2v) is 6.05. The summed E-state index contributed by atoms with van der Waals surface area (Å²) >= 11 is 0. The van der Waals surface area contributed by atoms with Gasteiger partial charge in [-0.2, -0.15) is 5.10 Å². The van der Waals surface area contributed by atoms with Crippen molar-refractivity contribution >= 4 is 5.97 Å². The van der Waals surface area contributed by atoms with E-state index in [1.165, 1.54) is 24.3 Å². The number of hydrogen-bond acceptors (Lipinski definition) is 3. The van der Waals surface area contributed by atoms with E-state index in [4.69, 9.17) is 5.11 Å². The standard InChI is InChI=1S/C20H19FN2O3/c1-2-17(24)12-23-19(14-7-9-16(21)10-8-14)11-18(22-23)13-3-5-15(6-4-13)20(25)26/h3-11,17,24H,2,12H2,1H3,(H,25,26). The third-order valence-corrected chi connectivity index (χ3v) is 4.20. The summed E-state index contributed by atoms with van der Waals surface area (Å²) in [6.45, 7) is 2.20. The third-order valence-electron chi connectivity index (χ3n) is 4.20. The molecule has 0 aliphatic rings. The molecule has 3 rings (SSSR count). The van der Waals surface area contributed by atoms with Gasteiger partial charge in [-0.15, -0.1) is 0 Å². The number of carboxylic acids is 1. The molecule has 6 heteroatoms. The van der Waals surface area contributed by atoms with Gasteiger partial charge in [0, 0.05) is 11.1 Å². The normalized spacial score (nSPS) is 12.1. The molecule has 0 aliphatic carbocycles. The Labute approximate surface area is 150 Å². The molecule has 1 heterocycles. The lowest BCUT2D eigenvalue weighted by atomic mass is 10.1. The van der Waals surface area contributed by atoms with Crippen molar-refractivity contribution < 1.29 is 19.4 Å². The Hall–Kier alpha value is -2.99. The molecule has 0 aliphatic heterocycles. The van der Waals surface area contributed by atoms with E-state index < -0.39 is 12.1 Å². The molecular formula is C20H19FN2O3. The Morgan fingerprint density at radius 3 is 2.31 bits per heavy atom. The lowest BCUT2D eigenvalue weighted by molar-refractivity contribution is 0.0697. The van der Waals surface area contributed by atoms with E-state index in [2.05, 4.69) is 5.10 Å². The highest BCUT2D eigenvalue weighted by Gasteiger charge is 2.14. The Morgan fingerprint density at radius 1 is 1.12 bits per heavy atom. The predicted octanol–water partition coefficient (Wildman–Crippen LogP) is 3.83. The van der Waals surface area contributed by atoms with Gasteiger partial charge in [0.2, 0.25) is 0 Å². The number of carboxylic acid groups (broad SMARTS) is 1. The fourth-order valence-corrected chi connectivity index (χ4v) is 2.66. The first-order valence-corrected chi connectivity index (χ1v) is 8.33. The van der Waals surface area contributed by atoms with Gasteiger partial charge in [-0.1, -0.05) is 19.1 Å². The van der Waals surface area contributed by atoms with Gasteiger partial charge < -0.3 is 10.2 Å². The lowest BCUT2D eigenvalue weighted by Crippen LogP contribution is -2.16. The van der Waals surface area contributed by atoms with Crippen molar-refractivity contribution in [1.82, 2.24) is 9.78 Å². The first kappa shape index (κ1) is 17.8. The molecule has 26 heavy (non-hydrogen) atoms. The molecule has 0 spiro atoms. The Kier molecular flexibility index (Phi) is 5.14. The second kappa shape index (κ2) is 7.49. The minimum atomic E-state index is -0.986. The van der Waals surface area contributed by atoms with Gasteiger partial charge in [0.15, 0.2) is 0 Å². The molecule has 0 saturated heterocycles. The molecule has 0 radical (unpaired) electrons. The van der Waals surface area contributed by atoms with Gasteiger partial charge in [-0.05, 0) is 48.9 Å². The van der Waals surface area contributed by atoms with Gasteiger partial charge in [0.05, 0.1) is 29.6 Å². The first-order valence-electron chi connectivity index (χ1n) is 8.33. The SMILES string of the molecule is CCC(O)Cn1nc(-c2ccc(C(=O)O)cc2)cc1-c1ccc(F)cc1. The average Bonchev–Trinajstić information content (AvgIpc) is 3.06. The topological polar surface area (TPSA) is 75.3 Å². The largest absolute Gasteiger partial charge is 0.478 e. The molecule has 2 aromatic carbocycles. The fraction of sp³-hybridized carbons (Fsp3) is 0.200. The van der Waals surface area contributed by atoms with E-state index in [9.17, 15) is 14.3 Å². The van der Waals surface area contributed by atoms with Gasteiger partial charge in [-0.3, -0.25) is 4.68 Å². The summed E-state index contributed by atoms with van der Waals surface area (Å²) in [5.41, 5.74) is 3.17. The van der Waals surface area contributed by atoms with Crippen LogP contribution in [0.1, 0.15) is 23.7 Å². The molecule has 3 aromatic rings. The number of nitrogens with zero attached hydrogens (tertiary/aromatic N) is 2. The number of aromatic nitrogens is 2. The van der Waals surface area contributed by atoms with Crippen molar-refractivity contribution in [3.05, 3.63) is 66.0 Å². The number of hydrogen-bond donors (Lipinski definition) is 2. The quantitative estimate of drug-likeness (QED) is 0.705. The first-order chi connectivity index (χ1) is 12.5. The van der Waals surface area contributed by atoms with Crippen LogP contribution >= 0.6 is 0 Å². The zero-order chi connectivity index (χ0) is 18.7. The number of carbonyl (C=O) groups is 1. The van der Waals surface area contributed by atoms with E-state index in [1.54, 1.807) is 28.9 Å². The Balaban J connectivity index is 2.02. The molecule has 134 valence electrons. The molecular weight excluding hydrogens is 335 g/mol. The summed E-state index contributed by atoms with van der Waals surface area (Å²) in [5.74, 6) is -1.31. The molecule has 1 atom stereocenters. The molecule has 1 unspecified atom stereocenters. The van der Waals surface area contributed by atoms with E-state index in [0.717, 1.165) is 16.8 Å². The van der Waals surface area contributed by atoms with Crippen LogP contribution in [0, 0.1) is 5.82 Å². The van der Waals surface area contributed by atoms with Crippen molar-refractivity contribution in [2.75, 3.05) is 0 Å². The maximum absolute atomic E-state index is 13.2. The zero-order valence-electron chi connectivity index (χ0n) is 14.3. The average molecular weight is 354 g/mol. The third kappa shape index (κ3) is 3.81. The van der Waals surface area contributed by atoms with Crippen molar-refractivity contribution in [3.63, 3.8) is 0 Å². The summed E-state index contributed by atoms with van der Waals surface area (Å²) in [5, 5.41) is 23.6. The van der Waals surface area contributed by atoms with Crippen molar-refractivity contribution in [2.45, 2.75) is 26.0 Å². The molecule has 0 fully saturated rings. The van der Waals surface area contributed by atoms with Crippen LogP contribution in [0.3, 0.4) is 0 Å². The van der Waals surface area contributed by atoms with Crippen molar-refractivity contribution in [3.8, 4) is 22.5 Å². The summed E-state index contributed by atoms with van der Waals surface area (Å²) in [4.78, 5) is 11.0. The number of aromatic carboxylic acids is 1. The molecule has 0 amide bonds. The van der Waals surface area contributed by atoms with Crippen molar-refractivity contribution in [1.29, 1.82) is 0 Å². The number of aliphatic hydroxyl groups excluding tert-OH is 1. The van der Waals surface area contributed by atoms with Crippen LogP contribution in [0.15, 0.2) is 54.6 Å². The van der Waals surface area contributed by atoms with Gasteiger partial charge in [0.1, 0.15) is 5.82 Å². The number of halogens is 1. The van der Waals surface area contributed by atoms with E-state index in [-0.39, 0.29) is 11.4 Å². The van der Waals surface area contributed by atoms with E-state index >= 15 is 0 Å². The highest BCUT2D eigenvalue weighted by atomic mass is 19.1. The highest BCUT2D eigenvalue weighted by Crippen LogP contribution is 2.27. The van der Waals surface area contributed by atoms with Gasteiger partial charge in [-0.25, -0.2) is 9.18 Å². The molecule has 0 saturated carbocycles. The second-order valence-electron chi connectivity index (χ2n) is 6.05. The van der Waals surface area contributed by atoms with Gasteiger partial charge >= 0.3 is 5.97 Å². The smallest absolute Gasteiger partial charge is 0.335 e. The van der Waals surface area contributed by atoms with Crippen molar-refractivity contribution in [2.24, 2.45) is 0 Å². The maximum Gasteiger partial charge on any atom is 0.335 e. The highest BCUT2D eigenvalue weighted by molar-refractivity contribution is 5.88.